The number of anilines is 2. The molecule has 1 aliphatic heterocycles. The maximum absolute atomic E-state index is 15.1. The van der Waals surface area contributed by atoms with Gasteiger partial charge in [-0.25, -0.2) is 18.7 Å². The molecule has 1 unspecified atom stereocenters. The Hall–Kier alpha value is -4.04. The fourth-order valence-corrected chi connectivity index (χ4v) is 6.64. The van der Waals surface area contributed by atoms with E-state index in [1.807, 2.05) is 37.2 Å². The van der Waals surface area contributed by atoms with Crippen LogP contribution >= 0.6 is 11.6 Å². The fraction of sp³-hybridized carbons (Fsp3) is 0.389. The molecule has 236 valence electrons. The first kappa shape index (κ1) is 32.4. The molecule has 1 saturated heterocycles. The molecule has 4 aromatic rings. The van der Waals surface area contributed by atoms with Crippen molar-refractivity contribution >= 4 is 39.9 Å². The zero-order valence-corrected chi connectivity index (χ0v) is 27.4. The number of allylic oxidation sites excluding steroid dienone is 1. The fourth-order valence-electron chi connectivity index (χ4n) is 6.39. The van der Waals surface area contributed by atoms with Crippen LogP contribution in [-0.4, -0.2) is 47.0 Å². The van der Waals surface area contributed by atoms with Gasteiger partial charge in [-0.2, -0.15) is 4.98 Å². The molecule has 0 N–H and O–H groups in total. The Kier molecular flexibility index (Phi) is 9.73. The number of nitrogens with zero attached hydrogens (tertiary/aromatic N) is 5. The number of fused-ring (bicyclic) bond motifs is 1. The van der Waals surface area contributed by atoms with Crippen LogP contribution in [0.15, 0.2) is 66.0 Å². The third-order valence-corrected chi connectivity index (χ3v) is 9.13. The Morgan fingerprint density at radius 3 is 2.53 bits per heavy atom. The molecular formula is C36H41ClFN5O2. The molecule has 45 heavy (non-hydrogen) atoms. The summed E-state index contributed by atoms with van der Waals surface area (Å²) in [6.45, 7) is 10.6. The molecule has 1 fully saturated rings. The van der Waals surface area contributed by atoms with Crippen LogP contribution in [-0.2, 0) is 4.79 Å². The van der Waals surface area contributed by atoms with Crippen molar-refractivity contribution in [2.75, 3.05) is 30.4 Å². The van der Waals surface area contributed by atoms with E-state index in [1.165, 1.54) is 12.1 Å². The van der Waals surface area contributed by atoms with Crippen LogP contribution in [0.3, 0.4) is 0 Å². The Balaban J connectivity index is 1.81. The van der Waals surface area contributed by atoms with Gasteiger partial charge in [-0.15, -0.1) is 0 Å². The van der Waals surface area contributed by atoms with E-state index in [1.54, 1.807) is 28.8 Å². The average molecular weight is 630 g/mol. The van der Waals surface area contributed by atoms with Crippen LogP contribution in [0, 0.1) is 11.7 Å². The van der Waals surface area contributed by atoms with Crippen molar-refractivity contribution in [3.05, 3.63) is 88.1 Å². The van der Waals surface area contributed by atoms with Crippen LogP contribution in [0.1, 0.15) is 64.4 Å². The minimum atomic E-state index is -0.477. The molecule has 0 bridgehead atoms. The number of aromatic nitrogens is 3. The van der Waals surface area contributed by atoms with Gasteiger partial charge in [0, 0.05) is 38.2 Å². The molecule has 0 aliphatic carbocycles. The number of carbonyl (C=O) groups is 1. The lowest BCUT2D eigenvalue weighted by Crippen LogP contribution is -2.37. The molecule has 0 amide bonds. The first-order valence-corrected chi connectivity index (χ1v) is 16.0. The Bertz CT molecular complexity index is 1770. The smallest absolute Gasteiger partial charge is 0.355 e. The Morgan fingerprint density at radius 1 is 1.09 bits per heavy atom. The third-order valence-electron chi connectivity index (χ3n) is 8.85. The minimum Gasteiger partial charge on any atom is -0.376 e. The third kappa shape index (κ3) is 6.39. The van der Waals surface area contributed by atoms with Crippen molar-refractivity contribution in [2.45, 2.75) is 64.8 Å². The van der Waals surface area contributed by atoms with Crippen LogP contribution in [0.5, 0.6) is 0 Å². The summed E-state index contributed by atoms with van der Waals surface area (Å²) in [6, 6.07) is 14.1. The van der Waals surface area contributed by atoms with E-state index >= 15 is 4.39 Å². The van der Waals surface area contributed by atoms with E-state index in [-0.39, 0.29) is 39.9 Å². The van der Waals surface area contributed by atoms with Gasteiger partial charge in [0.1, 0.15) is 11.6 Å². The number of carbonyl (C=O) groups excluding carboxylic acids is 1. The average Bonchev–Trinajstić information content (AvgIpc) is 3.10. The number of ketones is 1. The van der Waals surface area contributed by atoms with Gasteiger partial charge in [-0.1, -0.05) is 62.7 Å². The highest BCUT2D eigenvalue weighted by molar-refractivity contribution is 6.33. The van der Waals surface area contributed by atoms with Gasteiger partial charge >= 0.3 is 5.69 Å². The minimum absolute atomic E-state index is 0.0144. The van der Waals surface area contributed by atoms with Gasteiger partial charge in [-0.3, -0.25) is 4.79 Å². The summed E-state index contributed by atoms with van der Waals surface area (Å²) in [4.78, 5) is 40.7. The lowest BCUT2D eigenvalue weighted by molar-refractivity contribution is -0.118. The van der Waals surface area contributed by atoms with Gasteiger partial charge in [0.2, 0.25) is 0 Å². The maximum Gasteiger partial charge on any atom is 0.355 e. The normalized spacial score (nSPS) is 17.6. The van der Waals surface area contributed by atoms with Crippen LogP contribution in [0.2, 0.25) is 5.02 Å². The monoisotopic (exact) mass is 629 g/mol. The number of para-hydroxylation sites is 1. The first-order chi connectivity index (χ1) is 21.5. The van der Waals surface area contributed by atoms with E-state index in [4.69, 9.17) is 21.6 Å². The standard InChI is InChI=1S/C36H41ClFN5O2/c1-7-31(44)24-13-10-11-20-42(23(4)18-19-24)34-27-21-28(37)32(26-14-8-9-16-29(26)38)39-35(27)43(36(45)40-34)33-25(22(2)3)15-12-17-30(33)41(5)6/h7-9,12,14-17,21-24H,1,10-11,13,18-20H2,2-6H3/t23-,24?/m0/s1. The van der Waals surface area contributed by atoms with Gasteiger partial charge in [0.15, 0.2) is 11.4 Å². The van der Waals surface area contributed by atoms with Crippen LogP contribution < -0.4 is 15.5 Å². The summed E-state index contributed by atoms with van der Waals surface area (Å²) in [5, 5.41) is 0.868. The zero-order chi connectivity index (χ0) is 32.4. The summed E-state index contributed by atoms with van der Waals surface area (Å²) in [5.41, 5.74) is 2.86. The lowest BCUT2D eigenvalue weighted by atomic mass is 9.91. The van der Waals surface area contributed by atoms with Crippen molar-refractivity contribution in [1.29, 1.82) is 0 Å². The van der Waals surface area contributed by atoms with E-state index < -0.39 is 11.5 Å². The second-order valence-electron chi connectivity index (χ2n) is 12.4. The van der Waals surface area contributed by atoms with Crippen molar-refractivity contribution < 1.29 is 9.18 Å². The predicted molar refractivity (Wildman–Crippen MR) is 183 cm³/mol. The number of hydrogen-bond acceptors (Lipinski definition) is 6. The highest BCUT2D eigenvalue weighted by atomic mass is 35.5. The van der Waals surface area contributed by atoms with Crippen molar-refractivity contribution in [1.82, 2.24) is 14.5 Å². The molecule has 2 atom stereocenters. The summed E-state index contributed by atoms with van der Waals surface area (Å²) in [5.74, 6) is 0.153. The molecule has 1 aliphatic rings. The molecular weight excluding hydrogens is 589 g/mol. The number of pyridine rings is 1. The van der Waals surface area contributed by atoms with Crippen molar-refractivity contribution in [2.24, 2.45) is 5.92 Å². The molecule has 7 nitrogen and oxygen atoms in total. The zero-order valence-electron chi connectivity index (χ0n) is 26.7. The second-order valence-corrected chi connectivity index (χ2v) is 12.8. The van der Waals surface area contributed by atoms with Gasteiger partial charge in [0.25, 0.3) is 0 Å². The number of benzene rings is 2. The quantitative estimate of drug-likeness (QED) is 0.193. The molecule has 0 spiro atoms. The maximum atomic E-state index is 15.1. The number of rotatable bonds is 7. The van der Waals surface area contributed by atoms with E-state index in [2.05, 4.69) is 32.3 Å². The molecule has 5 rings (SSSR count). The van der Waals surface area contributed by atoms with Crippen LogP contribution in [0.4, 0.5) is 15.9 Å². The lowest BCUT2D eigenvalue weighted by Gasteiger charge is -2.32. The molecule has 0 radical (unpaired) electrons. The SMILES string of the molecule is C=CC(=O)C1CCCCN(c2nc(=O)n(-c3c(C(C)C)cccc3N(C)C)c3nc(-c4ccccc4F)c(Cl)cc23)[C@@H](C)CC1. The Morgan fingerprint density at radius 2 is 1.84 bits per heavy atom. The van der Waals surface area contributed by atoms with E-state index in [0.29, 0.717) is 29.1 Å². The highest BCUT2D eigenvalue weighted by Crippen LogP contribution is 2.38. The first-order valence-electron chi connectivity index (χ1n) is 15.6. The highest BCUT2D eigenvalue weighted by Gasteiger charge is 2.28. The largest absolute Gasteiger partial charge is 0.376 e. The summed E-state index contributed by atoms with van der Waals surface area (Å²) >= 11 is 6.90. The van der Waals surface area contributed by atoms with Gasteiger partial charge < -0.3 is 9.80 Å². The van der Waals surface area contributed by atoms with E-state index in [9.17, 15) is 9.59 Å². The second kappa shape index (κ2) is 13.5. The molecule has 9 heteroatoms. The number of halogens is 2. The van der Waals surface area contributed by atoms with Crippen molar-refractivity contribution in [3.8, 4) is 16.9 Å². The predicted octanol–water partition coefficient (Wildman–Crippen LogP) is 7.96. The topological polar surface area (TPSA) is 71.3 Å². The van der Waals surface area contributed by atoms with Crippen LogP contribution in [0.25, 0.3) is 28.0 Å². The van der Waals surface area contributed by atoms with E-state index in [0.717, 1.165) is 43.4 Å². The van der Waals surface area contributed by atoms with Gasteiger partial charge in [0.05, 0.1) is 27.5 Å². The summed E-state index contributed by atoms with van der Waals surface area (Å²) in [7, 11) is 3.87. The molecule has 2 aromatic heterocycles. The summed E-state index contributed by atoms with van der Waals surface area (Å²) in [6.07, 6.45) is 5.39. The Labute approximate surface area is 269 Å². The molecule has 2 aromatic carbocycles. The van der Waals surface area contributed by atoms with Gasteiger partial charge in [-0.05, 0) is 74.4 Å². The summed E-state index contributed by atoms with van der Waals surface area (Å²) < 4.78 is 16.7. The molecule has 0 saturated carbocycles. The molecule has 3 heterocycles. The number of hydrogen-bond donors (Lipinski definition) is 0. The van der Waals surface area contributed by atoms with Crippen molar-refractivity contribution in [3.63, 3.8) is 0 Å².